The van der Waals surface area contributed by atoms with Crippen LogP contribution in [0.5, 0.6) is 0 Å². The van der Waals surface area contributed by atoms with Crippen molar-refractivity contribution in [1.29, 1.82) is 0 Å². The second-order valence-corrected chi connectivity index (χ2v) is 6.46. The second kappa shape index (κ2) is 10.5. The Labute approximate surface area is 148 Å². The van der Waals surface area contributed by atoms with E-state index in [1.165, 1.54) is 19.1 Å². The van der Waals surface area contributed by atoms with Crippen LogP contribution in [0.2, 0.25) is 0 Å². The Bertz CT molecular complexity index is 487. The van der Waals surface area contributed by atoms with Crippen LogP contribution < -0.4 is 10.6 Å². The molecule has 1 unspecified atom stereocenters. The summed E-state index contributed by atoms with van der Waals surface area (Å²) in [4.78, 5) is 48.4. The minimum Gasteiger partial charge on any atom is -0.467 e. The van der Waals surface area contributed by atoms with E-state index in [0.29, 0.717) is 6.54 Å². The van der Waals surface area contributed by atoms with Crippen LogP contribution in [0.4, 0.5) is 4.79 Å². The quantitative estimate of drug-likeness (QED) is 0.608. The van der Waals surface area contributed by atoms with E-state index in [1.807, 2.05) is 0 Å². The Balaban J connectivity index is 4.62. The molecule has 144 valence electrons. The number of hydrogen-bond donors (Lipinski definition) is 2. The van der Waals surface area contributed by atoms with Gasteiger partial charge in [0.15, 0.2) is 0 Å². The standard InChI is InChI=1S/C16H29N3O6/c1-7-17-12(20)10-19(5)13(21)9-8-11(14(22)24-6)18-15(23)25-16(2,3)4/h11H,7-10H2,1-6H3,(H,17,20)(H,18,23). The lowest BCUT2D eigenvalue weighted by molar-refractivity contribution is -0.143. The Morgan fingerprint density at radius 1 is 1.16 bits per heavy atom. The van der Waals surface area contributed by atoms with Gasteiger partial charge in [0, 0.05) is 20.0 Å². The maximum atomic E-state index is 12.1. The number of carbonyl (C=O) groups excluding carboxylic acids is 4. The Morgan fingerprint density at radius 2 is 1.76 bits per heavy atom. The molecule has 0 saturated heterocycles. The first-order valence-corrected chi connectivity index (χ1v) is 8.08. The van der Waals surface area contributed by atoms with E-state index in [2.05, 4.69) is 15.4 Å². The second-order valence-electron chi connectivity index (χ2n) is 6.46. The third-order valence-electron chi connectivity index (χ3n) is 3.00. The van der Waals surface area contributed by atoms with E-state index in [9.17, 15) is 19.2 Å². The number of carbonyl (C=O) groups is 4. The van der Waals surface area contributed by atoms with Gasteiger partial charge in [-0.2, -0.15) is 0 Å². The fourth-order valence-electron chi connectivity index (χ4n) is 1.86. The molecule has 9 nitrogen and oxygen atoms in total. The summed E-state index contributed by atoms with van der Waals surface area (Å²) in [6.07, 6.45) is -0.776. The van der Waals surface area contributed by atoms with Crippen LogP contribution in [-0.4, -0.2) is 67.7 Å². The molecule has 9 heteroatoms. The maximum absolute atomic E-state index is 12.1. The van der Waals surface area contributed by atoms with Gasteiger partial charge in [0.25, 0.3) is 0 Å². The summed E-state index contributed by atoms with van der Waals surface area (Å²) in [5.41, 5.74) is -0.715. The smallest absolute Gasteiger partial charge is 0.408 e. The molecule has 1 atom stereocenters. The average Bonchev–Trinajstić information content (AvgIpc) is 2.48. The van der Waals surface area contributed by atoms with Crippen LogP contribution in [0.15, 0.2) is 0 Å². The monoisotopic (exact) mass is 359 g/mol. The van der Waals surface area contributed by atoms with E-state index in [0.717, 1.165) is 0 Å². The van der Waals surface area contributed by atoms with Gasteiger partial charge in [-0.3, -0.25) is 9.59 Å². The molecule has 3 amide bonds. The molecular weight excluding hydrogens is 330 g/mol. The van der Waals surface area contributed by atoms with Crippen LogP contribution in [0, 0.1) is 0 Å². The molecule has 0 rings (SSSR count). The van der Waals surface area contributed by atoms with E-state index in [-0.39, 0.29) is 31.2 Å². The molecule has 0 aromatic heterocycles. The summed E-state index contributed by atoms with van der Waals surface area (Å²) in [5, 5.41) is 4.98. The van der Waals surface area contributed by atoms with Crippen LogP contribution in [0.1, 0.15) is 40.5 Å². The molecule has 0 aromatic carbocycles. The van der Waals surface area contributed by atoms with Crippen molar-refractivity contribution in [2.75, 3.05) is 27.2 Å². The van der Waals surface area contributed by atoms with E-state index < -0.39 is 23.7 Å². The van der Waals surface area contributed by atoms with Crippen molar-refractivity contribution in [2.24, 2.45) is 0 Å². The van der Waals surface area contributed by atoms with E-state index in [1.54, 1.807) is 27.7 Å². The zero-order valence-corrected chi connectivity index (χ0v) is 15.8. The number of hydrogen-bond acceptors (Lipinski definition) is 6. The molecule has 25 heavy (non-hydrogen) atoms. The topological polar surface area (TPSA) is 114 Å². The lowest BCUT2D eigenvalue weighted by atomic mass is 10.1. The summed E-state index contributed by atoms with van der Waals surface area (Å²) < 4.78 is 9.72. The van der Waals surface area contributed by atoms with Gasteiger partial charge < -0.3 is 25.0 Å². The Morgan fingerprint density at radius 3 is 2.24 bits per heavy atom. The van der Waals surface area contributed by atoms with Gasteiger partial charge in [-0.15, -0.1) is 0 Å². The van der Waals surface area contributed by atoms with Crippen LogP contribution >= 0.6 is 0 Å². The van der Waals surface area contributed by atoms with Crippen molar-refractivity contribution in [3.63, 3.8) is 0 Å². The number of methoxy groups -OCH3 is 1. The van der Waals surface area contributed by atoms with Gasteiger partial charge >= 0.3 is 12.1 Å². The first-order chi connectivity index (χ1) is 11.5. The maximum Gasteiger partial charge on any atom is 0.408 e. The fraction of sp³-hybridized carbons (Fsp3) is 0.750. The number of ether oxygens (including phenoxy) is 2. The summed E-state index contributed by atoms with van der Waals surface area (Å²) in [6, 6.07) is -1.01. The van der Waals surface area contributed by atoms with Crippen LogP contribution in [0.25, 0.3) is 0 Å². The van der Waals surface area contributed by atoms with Gasteiger partial charge in [0.05, 0.1) is 13.7 Å². The molecule has 2 N–H and O–H groups in total. The molecule has 0 heterocycles. The molecular formula is C16H29N3O6. The highest BCUT2D eigenvalue weighted by atomic mass is 16.6. The molecule has 0 spiro atoms. The van der Waals surface area contributed by atoms with Crippen LogP contribution in [-0.2, 0) is 23.9 Å². The lowest BCUT2D eigenvalue weighted by Gasteiger charge is -2.23. The molecule has 0 aliphatic rings. The zero-order valence-electron chi connectivity index (χ0n) is 15.8. The normalized spacial score (nSPS) is 11.9. The Kier molecular flexibility index (Phi) is 9.55. The lowest BCUT2D eigenvalue weighted by Crippen LogP contribution is -2.45. The predicted octanol–water partition coefficient (Wildman–Crippen LogP) is 0.427. The molecule has 0 aliphatic carbocycles. The molecule has 0 aliphatic heterocycles. The Hall–Kier alpha value is -2.32. The molecule has 0 saturated carbocycles. The first kappa shape index (κ1) is 22.7. The number of rotatable bonds is 8. The number of nitrogens with one attached hydrogen (secondary N) is 2. The summed E-state index contributed by atoms with van der Waals surface area (Å²) in [5.74, 6) is -1.27. The number of likely N-dealkylation sites (N-methyl/N-ethyl adjacent to an activating group) is 2. The van der Waals surface area contributed by atoms with Crippen molar-refractivity contribution in [1.82, 2.24) is 15.5 Å². The fourth-order valence-corrected chi connectivity index (χ4v) is 1.86. The highest BCUT2D eigenvalue weighted by Crippen LogP contribution is 2.09. The number of esters is 1. The van der Waals surface area contributed by atoms with Crippen molar-refractivity contribution >= 4 is 23.9 Å². The third-order valence-corrected chi connectivity index (χ3v) is 3.00. The number of alkyl carbamates (subject to hydrolysis) is 1. The van der Waals surface area contributed by atoms with Crippen LogP contribution in [0.3, 0.4) is 0 Å². The molecule has 0 radical (unpaired) electrons. The van der Waals surface area contributed by atoms with E-state index >= 15 is 0 Å². The van der Waals surface area contributed by atoms with Crippen molar-refractivity contribution < 1.29 is 28.7 Å². The SMILES string of the molecule is CCNC(=O)CN(C)C(=O)CCC(NC(=O)OC(C)(C)C)C(=O)OC. The number of amides is 3. The van der Waals surface area contributed by atoms with Crippen molar-refractivity contribution in [3.05, 3.63) is 0 Å². The van der Waals surface area contributed by atoms with Gasteiger partial charge in [-0.25, -0.2) is 9.59 Å². The van der Waals surface area contributed by atoms with Crippen molar-refractivity contribution in [3.8, 4) is 0 Å². The largest absolute Gasteiger partial charge is 0.467 e. The minimum atomic E-state index is -1.01. The predicted molar refractivity (Wildman–Crippen MR) is 90.7 cm³/mol. The first-order valence-electron chi connectivity index (χ1n) is 8.08. The van der Waals surface area contributed by atoms with Gasteiger partial charge in [0.1, 0.15) is 11.6 Å². The number of nitrogens with zero attached hydrogens (tertiary/aromatic N) is 1. The summed E-state index contributed by atoms with van der Waals surface area (Å²) in [7, 11) is 2.68. The highest BCUT2D eigenvalue weighted by Gasteiger charge is 2.26. The molecule has 0 fully saturated rings. The highest BCUT2D eigenvalue weighted by molar-refractivity contribution is 5.85. The molecule has 0 aromatic rings. The van der Waals surface area contributed by atoms with Crippen molar-refractivity contribution in [2.45, 2.75) is 52.2 Å². The van der Waals surface area contributed by atoms with Gasteiger partial charge in [-0.05, 0) is 34.1 Å². The third kappa shape index (κ3) is 10.2. The van der Waals surface area contributed by atoms with Gasteiger partial charge in [0.2, 0.25) is 11.8 Å². The minimum absolute atomic E-state index is 0.0322. The summed E-state index contributed by atoms with van der Waals surface area (Å²) in [6.45, 7) is 7.27. The average molecular weight is 359 g/mol. The molecule has 0 bridgehead atoms. The van der Waals surface area contributed by atoms with E-state index in [4.69, 9.17) is 4.74 Å². The summed E-state index contributed by atoms with van der Waals surface area (Å²) >= 11 is 0. The zero-order chi connectivity index (χ0) is 19.6. The van der Waals surface area contributed by atoms with Gasteiger partial charge in [-0.1, -0.05) is 0 Å².